The van der Waals surface area contributed by atoms with Gasteiger partial charge < -0.3 is 10.1 Å². The number of hydrogen-bond acceptors (Lipinski definition) is 5. The Kier molecular flexibility index (Phi) is 4.18. The number of benzene rings is 1. The van der Waals surface area contributed by atoms with Crippen molar-refractivity contribution < 1.29 is 4.74 Å². The van der Waals surface area contributed by atoms with Crippen molar-refractivity contribution in [2.75, 3.05) is 44.7 Å². The lowest BCUT2D eigenvalue weighted by Crippen LogP contribution is -2.38. The standard InChI is InChI=1S/C13H16ClN3OS/c14-10-2-1-3-11-12(10)16-13(19-11)15-4-5-17-6-8-18-9-7-17/h1-3H,4-9H2,(H,15,16). The summed E-state index contributed by atoms with van der Waals surface area (Å²) in [4.78, 5) is 6.93. The molecule has 3 rings (SSSR count). The van der Waals surface area contributed by atoms with Crippen LogP contribution in [0.3, 0.4) is 0 Å². The van der Waals surface area contributed by atoms with Crippen LogP contribution in [0.1, 0.15) is 0 Å². The molecule has 1 aliphatic rings. The fourth-order valence-electron chi connectivity index (χ4n) is 2.14. The summed E-state index contributed by atoms with van der Waals surface area (Å²) in [7, 11) is 0. The summed E-state index contributed by atoms with van der Waals surface area (Å²) in [6, 6.07) is 5.88. The van der Waals surface area contributed by atoms with Crippen molar-refractivity contribution >= 4 is 38.3 Å². The predicted octanol–water partition coefficient (Wildman–Crippen LogP) is 2.69. The van der Waals surface area contributed by atoms with Gasteiger partial charge in [-0.3, -0.25) is 4.90 Å². The van der Waals surface area contributed by atoms with Crippen LogP contribution in [-0.2, 0) is 4.74 Å². The highest BCUT2D eigenvalue weighted by Crippen LogP contribution is 2.30. The van der Waals surface area contributed by atoms with Gasteiger partial charge >= 0.3 is 0 Å². The number of anilines is 1. The van der Waals surface area contributed by atoms with Crippen LogP contribution in [0.25, 0.3) is 10.2 Å². The highest BCUT2D eigenvalue weighted by atomic mass is 35.5. The Morgan fingerprint density at radius 1 is 1.37 bits per heavy atom. The molecule has 0 atom stereocenters. The number of aromatic nitrogens is 1. The van der Waals surface area contributed by atoms with Gasteiger partial charge in [0.15, 0.2) is 5.13 Å². The first-order valence-corrected chi connectivity index (χ1v) is 7.61. The molecule has 0 unspecified atom stereocenters. The minimum absolute atomic E-state index is 0.718. The molecule has 19 heavy (non-hydrogen) atoms. The minimum atomic E-state index is 0.718. The molecule has 6 heteroatoms. The van der Waals surface area contributed by atoms with Crippen LogP contribution in [0.2, 0.25) is 5.02 Å². The zero-order valence-corrected chi connectivity index (χ0v) is 12.1. The van der Waals surface area contributed by atoms with Crippen molar-refractivity contribution in [3.8, 4) is 0 Å². The van der Waals surface area contributed by atoms with Crippen LogP contribution < -0.4 is 5.32 Å². The number of rotatable bonds is 4. The SMILES string of the molecule is Clc1cccc2sc(NCCN3CCOCC3)nc12. The van der Waals surface area contributed by atoms with E-state index in [1.54, 1.807) is 11.3 Å². The van der Waals surface area contributed by atoms with Crippen molar-refractivity contribution in [2.45, 2.75) is 0 Å². The first-order valence-electron chi connectivity index (χ1n) is 6.42. The second kappa shape index (κ2) is 6.05. The Hall–Kier alpha value is -0.880. The number of halogens is 1. The molecule has 0 spiro atoms. The molecule has 2 aromatic rings. The zero-order chi connectivity index (χ0) is 13.1. The van der Waals surface area contributed by atoms with E-state index in [9.17, 15) is 0 Å². The van der Waals surface area contributed by atoms with Gasteiger partial charge in [-0.1, -0.05) is 29.0 Å². The molecule has 0 aliphatic carbocycles. The number of hydrogen-bond donors (Lipinski definition) is 1. The second-order valence-electron chi connectivity index (χ2n) is 4.49. The smallest absolute Gasteiger partial charge is 0.183 e. The van der Waals surface area contributed by atoms with Gasteiger partial charge in [0.2, 0.25) is 0 Å². The lowest BCUT2D eigenvalue weighted by atomic mass is 10.3. The number of nitrogens with zero attached hydrogens (tertiary/aromatic N) is 2. The second-order valence-corrected chi connectivity index (χ2v) is 5.92. The van der Waals surface area contributed by atoms with Crippen molar-refractivity contribution in [3.63, 3.8) is 0 Å². The molecule has 0 radical (unpaired) electrons. The molecule has 1 N–H and O–H groups in total. The number of morpholine rings is 1. The number of thiazole rings is 1. The van der Waals surface area contributed by atoms with E-state index in [-0.39, 0.29) is 0 Å². The maximum Gasteiger partial charge on any atom is 0.183 e. The maximum atomic E-state index is 6.12. The van der Waals surface area contributed by atoms with E-state index < -0.39 is 0 Å². The molecule has 102 valence electrons. The van der Waals surface area contributed by atoms with Gasteiger partial charge in [0, 0.05) is 26.2 Å². The topological polar surface area (TPSA) is 37.4 Å². The first-order chi connectivity index (χ1) is 9.33. The van der Waals surface area contributed by atoms with Crippen LogP contribution >= 0.6 is 22.9 Å². The number of nitrogens with one attached hydrogen (secondary N) is 1. The average molecular weight is 298 g/mol. The van der Waals surface area contributed by atoms with Gasteiger partial charge in [-0.2, -0.15) is 0 Å². The fourth-order valence-corrected chi connectivity index (χ4v) is 3.33. The summed E-state index contributed by atoms with van der Waals surface area (Å²) >= 11 is 7.77. The Morgan fingerprint density at radius 3 is 3.00 bits per heavy atom. The van der Waals surface area contributed by atoms with Gasteiger partial charge in [0.05, 0.1) is 22.9 Å². The highest BCUT2D eigenvalue weighted by Gasteiger charge is 2.10. The molecule has 1 saturated heterocycles. The molecule has 2 heterocycles. The number of ether oxygens (including phenoxy) is 1. The van der Waals surface area contributed by atoms with Crippen molar-refractivity contribution in [2.24, 2.45) is 0 Å². The van der Waals surface area contributed by atoms with Crippen molar-refractivity contribution in [3.05, 3.63) is 23.2 Å². The number of fused-ring (bicyclic) bond motifs is 1. The van der Waals surface area contributed by atoms with E-state index in [0.29, 0.717) is 0 Å². The molecular formula is C13H16ClN3OS. The van der Waals surface area contributed by atoms with Crippen LogP contribution in [0.15, 0.2) is 18.2 Å². The monoisotopic (exact) mass is 297 g/mol. The lowest BCUT2D eigenvalue weighted by molar-refractivity contribution is 0.0398. The van der Waals surface area contributed by atoms with Gasteiger partial charge in [-0.15, -0.1) is 0 Å². The summed E-state index contributed by atoms with van der Waals surface area (Å²) in [5.74, 6) is 0. The van der Waals surface area contributed by atoms with E-state index in [0.717, 1.165) is 59.8 Å². The normalized spacial score (nSPS) is 16.9. The third kappa shape index (κ3) is 3.17. The average Bonchev–Trinajstić information content (AvgIpc) is 2.84. The van der Waals surface area contributed by atoms with Gasteiger partial charge in [0.1, 0.15) is 5.52 Å². The molecular weight excluding hydrogens is 282 g/mol. The van der Waals surface area contributed by atoms with Gasteiger partial charge in [-0.25, -0.2) is 4.98 Å². The van der Waals surface area contributed by atoms with Crippen LogP contribution in [0.4, 0.5) is 5.13 Å². The van der Waals surface area contributed by atoms with Gasteiger partial charge in [0.25, 0.3) is 0 Å². The molecule has 1 aliphatic heterocycles. The highest BCUT2D eigenvalue weighted by molar-refractivity contribution is 7.22. The Labute approximate surface area is 121 Å². The minimum Gasteiger partial charge on any atom is -0.379 e. The van der Waals surface area contributed by atoms with E-state index in [2.05, 4.69) is 15.2 Å². The van der Waals surface area contributed by atoms with Crippen LogP contribution in [0, 0.1) is 0 Å². The molecule has 0 saturated carbocycles. The molecule has 4 nitrogen and oxygen atoms in total. The Bertz CT molecular complexity index is 554. The van der Waals surface area contributed by atoms with E-state index in [1.165, 1.54) is 0 Å². The molecule has 0 bridgehead atoms. The molecule has 1 aromatic heterocycles. The molecule has 1 aromatic carbocycles. The molecule has 1 fully saturated rings. The summed E-state index contributed by atoms with van der Waals surface area (Å²) in [5.41, 5.74) is 0.892. The summed E-state index contributed by atoms with van der Waals surface area (Å²) in [6.07, 6.45) is 0. The maximum absolute atomic E-state index is 6.12. The van der Waals surface area contributed by atoms with E-state index in [4.69, 9.17) is 16.3 Å². The first kappa shape index (κ1) is 13.1. The van der Waals surface area contributed by atoms with Crippen LogP contribution in [0.5, 0.6) is 0 Å². The van der Waals surface area contributed by atoms with Gasteiger partial charge in [-0.05, 0) is 12.1 Å². The van der Waals surface area contributed by atoms with E-state index >= 15 is 0 Å². The summed E-state index contributed by atoms with van der Waals surface area (Å²) in [6.45, 7) is 5.65. The summed E-state index contributed by atoms with van der Waals surface area (Å²) < 4.78 is 6.46. The van der Waals surface area contributed by atoms with Crippen LogP contribution in [-0.4, -0.2) is 49.3 Å². The third-order valence-corrected chi connectivity index (χ3v) is 4.46. The van der Waals surface area contributed by atoms with E-state index in [1.807, 2.05) is 18.2 Å². The third-order valence-electron chi connectivity index (χ3n) is 3.18. The number of para-hydroxylation sites is 1. The summed E-state index contributed by atoms with van der Waals surface area (Å²) in [5, 5.41) is 5.03. The Morgan fingerprint density at radius 2 is 2.21 bits per heavy atom. The zero-order valence-electron chi connectivity index (χ0n) is 10.6. The predicted molar refractivity (Wildman–Crippen MR) is 80.4 cm³/mol. The lowest BCUT2D eigenvalue weighted by Gasteiger charge is -2.26. The Balaban J connectivity index is 1.57. The fraction of sp³-hybridized carbons (Fsp3) is 0.462. The van der Waals surface area contributed by atoms with Crippen molar-refractivity contribution in [1.82, 2.24) is 9.88 Å². The quantitative estimate of drug-likeness (QED) is 0.941. The van der Waals surface area contributed by atoms with Crippen molar-refractivity contribution in [1.29, 1.82) is 0 Å². The largest absolute Gasteiger partial charge is 0.379 e. The molecule has 0 amide bonds.